The molecule has 4 atom stereocenters. The number of carbonyl (C=O) groups excluding carboxylic acids is 5. The average Bonchev–Trinajstić information content (AvgIpc) is 3.12. The summed E-state index contributed by atoms with van der Waals surface area (Å²) in [6.07, 6.45) is 2.25. The minimum Gasteiger partial charge on any atom is -0.481 e. The Morgan fingerprint density at radius 3 is 2.22 bits per heavy atom. The van der Waals surface area contributed by atoms with Crippen LogP contribution in [0.3, 0.4) is 0 Å². The number of carboxylic acid groups (broad SMARTS) is 2. The van der Waals surface area contributed by atoms with Gasteiger partial charge in [0.15, 0.2) is 0 Å². The normalized spacial score (nSPS) is 14.6. The standard InChI is InChI=1S/C38H55N7O9/c1-4-5-8-24(39)22-41-18-15-28(40)31(46)21-23(35(50)42-19-16-29(38(53)54)43-32(47)11-7-12-33(48)49)17-20-45-36(51)26-10-6-9-25-30(44(2)3)14-13-27(34(25)26)37(45)52/h6,9-10,13-14,23-24,28-29,41H,4-5,7-8,11-12,15-22,39-40H2,1-3H3,(H,42,50)(H,43,47)(H,48,49)(H,53,54)/t23-,24-,28-,29+/m0/s1. The maximum atomic E-state index is 13.7. The van der Waals surface area contributed by atoms with Gasteiger partial charge in [0.1, 0.15) is 11.8 Å². The van der Waals surface area contributed by atoms with Crippen molar-refractivity contribution in [2.45, 2.75) is 89.3 Å². The summed E-state index contributed by atoms with van der Waals surface area (Å²) in [5.74, 6) is -6.15. The van der Waals surface area contributed by atoms with Crippen LogP contribution in [-0.4, -0.2) is 115 Å². The lowest BCUT2D eigenvalue weighted by Crippen LogP contribution is -2.45. The number of imide groups is 1. The van der Waals surface area contributed by atoms with Crippen molar-refractivity contribution in [3.05, 3.63) is 41.5 Å². The van der Waals surface area contributed by atoms with Gasteiger partial charge in [-0.2, -0.15) is 0 Å². The zero-order valence-electron chi connectivity index (χ0n) is 31.4. The molecule has 4 amide bonds. The third-order valence-electron chi connectivity index (χ3n) is 9.51. The molecule has 0 bridgehead atoms. The van der Waals surface area contributed by atoms with Gasteiger partial charge in [-0.3, -0.25) is 33.7 Å². The molecule has 54 heavy (non-hydrogen) atoms. The Labute approximate surface area is 315 Å². The molecule has 16 nitrogen and oxygen atoms in total. The van der Waals surface area contributed by atoms with Gasteiger partial charge in [-0.25, -0.2) is 4.79 Å². The predicted octanol–water partition coefficient (Wildman–Crippen LogP) is 1.62. The predicted molar refractivity (Wildman–Crippen MR) is 203 cm³/mol. The Morgan fingerprint density at radius 2 is 1.57 bits per heavy atom. The number of nitrogens with two attached hydrogens (primary N) is 2. The fourth-order valence-corrected chi connectivity index (χ4v) is 6.41. The van der Waals surface area contributed by atoms with Crippen LogP contribution in [0.15, 0.2) is 30.3 Å². The smallest absolute Gasteiger partial charge is 0.326 e. The maximum absolute atomic E-state index is 13.7. The van der Waals surface area contributed by atoms with Crippen molar-refractivity contribution in [3.8, 4) is 0 Å². The van der Waals surface area contributed by atoms with Crippen LogP contribution in [0.25, 0.3) is 10.8 Å². The van der Waals surface area contributed by atoms with Crippen molar-refractivity contribution in [2.24, 2.45) is 17.4 Å². The number of ketones is 1. The summed E-state index contributed by atoms with van der Waals surface area (Å²) in [6, 6.07) is 6.43. The van der Waals surface area contributed by atoms with Gasteiger partial charge in [-0.15, -0.1) is 0 Å². The quantitative estimate of drug-likeness (QED) is 0.0563. The highest BCUT2D eigenvalue weighted by atomic mass is 16.4. The number of carboxylic acids is 2. The van der Waals surface area contributed by atoms with Crippen molar-refractivity contribution in [3.63, 3.8) is 0 Å². The van der Waals surface area contributed by atoms with E-state index in [-0.39, 0.29) is 57.7 Å². The number of aliphatic carboxylic acids is 2. The number of anilines is 1. The summed E-state index contributed by atoms with van der Waals surface area (Å²) in [7, 11) is 3.73. The number of hydrogen-bond acceptors (Lipinski definition) is 11. The molecular weight excluding hydrogens is 698 g/mol. The molecule has 1 heterocycles. The summed E-state index contributed by atoms with van der Waals surface area (Å²) < 4.78 is 0. The lowest BCUT2D eigenvalue weighted by molar-refractivity contribution is -0.142. The molecule has 0 unspecified atom stereocenters. The molecule has 1 aliphatic heterocycles. The number of unbranched alkanes of at least 4 members (excludes halogenated alkanes) is 1. The fourth-order valence-electron chi connectivity index (χ4n) is 6.41. The van der Waals surface area contributed by atoms with E-state index < -0.39 is 59.4 Å². The first-order chi connectivity index (χ1) is 25.7. The second-order valence-electron chi connectivity index (χ2n) is 14.0. The van der Waals surface area contributed by atoms with Crippen molar-refractivity contribution in [2.75, 3.05) is 45.2 Å². The second kappa shape index (κ2) is 21.1. The van der Waals surface area contributed by atoms with Crippen LogP contribution in [0.2, 0.25) is 0 Å². The van der Waals surface area contributed by atoms with Crippen molar-refractivity contribution in [1.29, 1.82) is 0 Å². The van der Waals surface area contributed by atoms with Crippen LogP contribution in [0.5, 0.6) is 0 Å². The molecule has 296 valence electrons. The number of rotatable bonds is 25. The van der Waals surface area contributed by atoms with Gasteiger partial charge in [0.25, 0.3) is 11.8 Å². The van der Waals surface area contributed by atoms with E-state index >= 15 is 0 Å². The molecule has 3 rings (SSSR count). The summed E-state index contributed by atoms with van der Waals surface area (Å²) >= 11 is 0. The number of nitrogens with one attached hydrogen (secondary N) is 3. The van der Waals surface area contributed by atoms with Gasteiger partial charge in [0.2, 0.25) is 11.8 Å². The molecule has 0 radical (unpaired) electrons. The molecule has 0 aromatic heterocycles. The van der Waals surface area contributed by atoms with Crippen LogP contribution in [-0.2, 0) is 24.0 Å². The number of benzene rings is 2. The highest BCUT2D eigenvalue weighted by Crippen LogP contribution is 2.35. The highest BCUT2D eigenvalue weighted by Gasteiger charge is 2.35. The molecular formula is C38H55N7O9. The maximum Gasteiger partial charge on any atom is 0.326 e. The molecule has 0 spiro atoms. The minimum atomic E-state index is -1.36. The average molecular weight is 754 g/mol. The van der Waals surface area contributed by atoms with E-state index in [4.69, 9.17) is 16.6 Å². The molecule has 1 aliphatic rings. The van der Waals surface area contributed by atoms with Crippen molar-refractivity contribution < 1.29 is 43.8 Å². The number of hydrogen-bond donors (Lipinski definition) is 7. The fraction of sp³-hybridized carbons (Fsp3) is 0.553. The third-order valence-corrected chi connectivity index (χ3v) is 9.51. The van der Waals surface area contributed by atoms with Gasteiger partial charge in [-0.05, 0) is 56.8 Å². The first-order valence-corrected chi connectivity index (χ1v) is 18.5. The molecule has 2 aromatic rings. The molecule has 0 saturated heterocycles. The monoisotopic (exact) mass is 753 g/mol. The van der Waals surface area contributed by atoms with E-state index in [9.17, 15) is 38.7 Å². The summed E-state index contributed by atoms with van der Waals surface area (Å²) in [5.41, 5.74) is 13.9. The van der Waals surface area contributed by atoms with Gasteiger partial charge in [0.05, 0.1) is 6.04 Å². The topological polar surface area (TPSA) is 255 Å². The molecule has 0 aliphatic carbocycles. The largest absolute Gasteiger partial charge is 0.481 e. The minimum absolute atomic E-state index is 0.0230. The van der Waals surface area contributed by atoms with E-state index in [2.05, 4.69) is 22.9 Å². The van der Waals surface area contributed by atoms with E-state index in [1.54, 1.807) is 24.3 Å². The summed E-state index contributed by atoms with van der Waals surface area (Å²) in [6.45, 7) is 2.72. The SMILES string of the molecule is CCCC[C@H](N)CNCC[C@H](N)C(=O)C[C@H](CCN1C(=O)c2cccc3c(N(C)C)ccc(c23)C1=O)C(=O)NCC[C@@H](NC(=O)CCCC(=O)O)C(=O)O. The lowest BCUT2D eigenvalue weighted by Gasteiger charge is -2.29. The zero-order valence-corrected chi connectivity index (χ0v) is 31.4. The number of amides is 4. The first kappa shape index (κ1) is 43.5. The Balaban J connectivity index is 1.71. The summed E-state index contributed by atoms with van der Waals surface area (Å²) in [4.78, 5) is 92.1. The number of carbonyl (C=O) groups is 7. The first-order valence-electron chi connectivity index (χ1n) is 18.5. The van der Waals surface area contributed by atoms with Gasteiger partial charge in [-0.1, -0.05) is 31.9 Å². The van der Waals surface area contributed by atoms with E-state index in [0.717, 1.165) is 35.2 Å². The third kappa shape index (κ3) is 12.3. The van der Waals surface area contributed by atoms with Crippen LogP contribution in [0, 0.1) is 5.92 Å². The van der Waals surface area contributed by atoms with Crippen LogP contribution < -0.4 is 32.3 Å². The Hall–Kier alpha value is -4.93. The van der Waals surface area contributed by atoms with E-state index in [1.165, 1.54) is 0 Å². The number of Topliss-reactive ketones (excluding diaryl/α,β-unsaturated/α-hetero) is 1. The Bertz CT molecular complexity index is 1660. The molecule has 9 N–H and O–H groups in total. The highest BCUT2D eigenvalue weighted by molar-refractivity contribution is 6.26. The van der Waals surface area contributed by atoms with Gasteiger partial charge >= 0.3 is 11.9 Å². The second-order valence-corrected chi connectivity index (χ2v) is 14.0. The van der Waals surface area contributed by atoms with E-state index in [0.29, 0.717) is 36.0 Å². The Morgan fingerprint density at radius 1 is 0.870 bits per heavy atom. The van der Waals surface area contributed by atoms with Crippen LogP contribution >= 0.6 is 0 Å². The lowest BCUT2D eigenvalue weighted by atomic mass is 9.91. The summed E-state index contributed by atoms with van der Waals surface area (Å²) in [5, 5.41) is 27.9. The molecule has 0 saturated carbocycles. The molecule has 16 heteroatoms. The number of nitrogens with zero attached hydrogens (tertiary/aromatic N) is 2. The van der Waals surface area contributed by atoms with Crippen LogP contribution in [0.4, 0.5) is 5.69 Å². The van der Waals surface area contributed by atoms with Crippen LogP contribution in [0.1, 0.15) is 91.8 Å². The zero-order chi connectivity index (χ0) is 39.9. The van der Waals surface area contributed by atoms with Gasteiger partial charge in [0, 0.05) is 92.5 Å². The Kier molecular flexibility index (Phi) is 17.0. The van der Waals surface area contributed by atoms with Crippen molar-refractivity contribution >= 4 is 57.8 Å². The molecule has 2 aromatic carbocycles. The van der Waals surface area contributed by atoms with E-state index in [1.807, 2.05) is 25.1 Å². The van der Waals surface area contributed by atoms with Gasteiger partial charge < -0.3 is 42.5 Å². The molecule has 0 fully saturated rings. The van der Waals surface area contributed by atoms with Crippen molar-refractivity contribution in [1.82, 2.24) is 20.9 Å².